The van der Waals surface area contributed by atoms with Crippen molar-refractivity contribution in [3.63, 3.8) is 0 Å². The first kappa shape index (κ1) is 15.7. The first-order valence-electron chi connectivity index (χ1n) is 8.34. The van der Waals surface area contributed by atoms with E-state index in [2.05, 4.69) is 18.9 Å². The van der Waals surface area contributed by atoms with Gasteiger partial charge in [0.05, 0.1) is 11.7 Å². The number of nitrogens with zero attached hydrogens (tertiary/aromatic N) is 3. The molecule has 0 atom stereocenters. The van der Waals surface area contributed by atoms with Gasteiger partial charge in [-0.3, -0.25) is 14.3 Å². The first-order chi connectivity index (χ1) is 11.1. The molecule has 1 aliphatic rings. The van der Waals surface area contributed by atoms with Gasteiger partial charge in [0.2, 0.25) is 11.3 Å². The predicted octanol–water partition coefficient (Wildman–Crippen LogP) is 2.58. The van der Waals surface area contributed by atoms with Crippen LogP contribution in [0.5, 0.6) is 0 Å². The highest BCUT2D eigenvalue weighted by Crippen LogP contribution is 2.25. The van der Waals surface area contributed by atoms with Crippen LogP contribution in [0.2, 0.25) is 0 Å². The van der Waals surface area contributed by atoms with Gasteiger partial charge in [0.15, 0.2) is 0 Å². The van der Waals surface area contributed by atoms with Gasteiger partial charge < -0.3 is 4.90 Å². The fourth-order valence-corrected chi connectivity index (χ4v) is 3.59. The highest BCUT2D eigenvalue weighted by Gasteiger charge is 2.28. The van der Waals surface area contributed by atoms with Crippen molar-refractivity contribution in [3.05, 3.63) is 40.7 Å². The zero-order valence-corrected chi connectivity index (χ0v) is 13.7. The molecule has 3 rings (SSSR count). The van der Waals surface area contributed by atoms with Gasteiger partial charge in [-0.25, -0.2) is 0 Å². The molecule has 0 aliphatic heterocycles. The largest absolute Gasteiger partial charge is 0.336 e. The second-order valence-corrected chi connectivity index (χ2v) is 6.52. The Morgan fingerprint density at radius 1 is 1.30 bits per heavy atom. The summed E-state index contributed by atoms with van der Waals surface area (Å²) >= 11 is 0. The molecule has 1 saturated carbocycles. The van der Waals surface area contributed by atoms with Crippen LogP contribution in [0.15, 0.2) is 35.3 Å². The van der Waals surface area contributed by atoms with E-state index >= 15 is 0 Å². The monoisotopic (exact) mass is 313 g/mol. The highest BCUT2D eigenvalue weighted by atomic mass is 16.2. The Morgan fingerprint density at radius 2 is 2.00 bits per heavy atom. The average Bonchev–Trinajstić information content (AvgIpc) is 3.04. The standard InChI is InChI=1S/C18H23N3O2/c1-13(2)21(14-7-3-4-8-14)18(23)12-20-16-10-6-5-9-15(16)17(22)11-19-20/h5-6,9-11,13-14H,3-4,7-8,12H2,1-2H3. The summed E-state index contributed by atoms with van der Waals surface area (Å²) in [5.74, 6) is 0.0770. The molecule has 1 heterocycles. The number of aromatic nitrogens is 2. The molecule has 0 N–H and O–H groups in total. The summed E-state index contributed by atoms with van der Waals surface area (Å²) in [5.41, 5.74) is 0.601. The molecular weight excluding hydrogens is 290 g/mol. The number of benzene rings is 1. The van der Waals surface area contributed by atoms with E-state index in [9.17, 15) is 9.59 Å². The van der Waals surface area contributed by atoms with Crippen molar-refractivity contribution >= 4 is 16.8 Å². The molecule has 0 radical (unpaired) electrons. The van der Waals surface area contributed by atoms with E-state index in [1.807, 2.05) is 23.1 Å². The zero-order valence-electron chi connectivity index (χ0n) is 13.7. The number of rotatable bonds is 4. The third-order valence-corrected chi connectivity index (χ3v) is 4.61. The lowest BCUT2D eigenvalue weighted by Gasteiger charge is -2.33. The number of carbonyl (C=O) groups excluding carboxylic acids is 1. The SMILES string of the molecule is CC(C)N(C(=O)Cn1ncc(=O)c2ccccc21)C1CCCC1. The van der Waals surface area contributed by atoms with Gasteiger partial charge in [0.25, 0.3) is 0 Å². The summed E-state index contributed by atoms with van der Waals surface area (Å²) in [6, 6.07) is 7.82. The Hall–Kier alpha value is -2.17. The van der Waals surface area contributed by atoms with Gasteiger partial charge in [-0.05, 0) is 38.8 Å². The third-order valence-electron chi connectivity index (χ3n) is 4.61. The molecule has 1 aromatic carbocycles. The average molecular weight is 313 g/mol. The molecule has 1 aliphatic carbocycles. The van der Waals surface area contributed by atoms with Crippen molar-refractivity contribution in [2.24, 2.45) is 0 Å². The number of carbonyl (C=O) groups is 1. The normalized spacial score (nSPS) is 15.4. The molecular formula is C18H23N3O2. The topological polar surface area (TPSA) is 55.2 Å². The van der Waals surface area contributed by atoms with Crippen LogP contribution in [-0.2, 0) is 11.3 Å². The zero-order chi connectivity index (χ0) is 16.4. The van der Waals surface area contributed by atoms with Crippen molar-refractivity contribution < 1.29 is 4.79 Å². The number of para-hydroxylation sites is 1. The number of hydrogen-bond donors (Lipinski definition) is 0. The smallest absolute Gasteiger partial charge is 0.244 e. The summed E-state index contributed by atoms with van der Waals surface area (Å²) in [6.07, 6.45) is 5.86. The lowest BCUT2D eigenvalue weighted by atomic mass is 10.1. The second kappa shape index (κ2) is 6.52. The van der Waals surface area contributed by atoms with Gasteiger partial charge in [-0.2, -0.15) is 5.10 Å². The Bertz CT molecular complexity index is 760. The number of amides is 1. The summed E-state index contributed by atoms with van der Waals surface area (Å²) in [6.45, 7) is 4.30. The Kier molecular flexibility index (Phi) is 4.46. The molecule has 2 aromatic rings. The highest BCUT2D eigenvalue weighted by molar-refractivity contribution is 5.81. The minimum absolute atomic E-state index is 0.0770. The molecule has 23 heavy (non-hydrogen) atoms. The minimum Gasteiger partial charge on any atom is -0.336 e. The van der Waals surface area contributed by atoms with Crippen LogP contribution < -0.4 is 5.43 Å². The summed E-state index contributed by atoms with van der Waals surface area (Å²) in [5, 5.41) is 4.78. The van der Waals surface area contributed by atoms with Crippen LogP contribution in [0.4, 0.5) is 0 Å². The predicted molar refractivity (Wildman–Crippen MR) is 90.2 cm³/mol. The fourth-order valence-electron chi connectivity index (χ4n) is 3.59. The van der Waals surface area contributed by atoms with Crippen molar-refractivity contribution in [1.29, 1.82) is 0 Å². The summed E-state index contributed by atoms with van der Waals surface area (Å²) in [4.78, 5) is 26.8. The fraction of sp³-hybridized carbons (Fsp3) is 0.500. The minimum atomic E-state index is -0.110. The Morgan fingerprint density at radius 3 is 2.70 bits per heavy atom. The Balaban J connectivity index is 1.90. The molecule has 1 fully saturated rings. The maximum absolute atomic E-state index is 12.9. The second-order valence-electron chi connectivity index (χ2n) is 6.52. The quantitative estimate of drug-likeness (QED) is 0.872. The molecule has 0 saturated heterocycles. The van der Waals surface area contributed by atoms with E-state index in [0.717, 1.165) is 12.8 Å². The van der Waals surface area contributed by atoms with Crippen LogP contribution in [-0.4, -0.2) is 32.7 Å². The van der Waals surface area contributed by atoms with E-state index in [4.69, 9.17) is 0 Å². The molecule has 5 heteroatoms. The summed E-state index contributed by atoms with van der Waals surface area (Å²) in [7, 11) is 0. The molecule has 0 unspecified atom stereocenters. The Labute approximate surface area is 135 Å². The van der Waals surface area contributed by atoms with E-state index in [0.29, 0.717) is 16.9 Å². The van der Waals surface area contributed by atoms with Crippen molar-refractivity contribution in [2.75, 3.05) is 0 Å². The number of fused-ring (bicyclic) bond motifs is 1. The molecule has 5 nitrogen and oxygen atoms in total. The van der Waals surface area contributed by atoms with Gasteiger partial charge >= 0.3 is 0 Å². The summed E-state index contributed by atoms with van der Waals surface area (Å²) < 4.78 is 1.64. The van der Waals surface area contributed by atoms with Crippen LogP contribution in [0.3, 0.4) is 0 Å². The first-order valence-corrected chi connectivity index (χ1v) is 8.34. The van der Waals surface area contributed by atoms with Gasteiger partial charge in [0, 0.05) is 17.5 Å². The van der Waals surface area contributed by atoms with Crippen LogP contribution in [0.1, 0.15) is 39.5 Å². The van der Waals surface area contributed by atoms with Gasteiger partial charge in [-0.15, -0.1) is 0 Å². The lowest BCUT2D eigenvalue weighted by Crippen LogP contribution is -2.45. The van der Waals surface area contributed by atoms with Crippen LogP contribution in [0.25, 0.3) is 10.9 Å². The van der Waals surface area contributed by atoms with Crippen molar-refractivity contribution in [1.82, 2.24) is 14.7 Å². The van der Waals surface area contributed by atoms with E-state index in [-0.39, 0.29) is 23.9 Å². The maximum atomic E-state index is 12.9. The van der Waals surface area contributed by atoms with E-state index in [1.54, 1.807) is 10.7 Å². The molecule has 1 amide bonds. The molecule has 122 valence electrons. The molecule has 0 bridgehead atoms. The maximum Gasteiger partial charge on any atom is 0.244 e. The van der Waals surface area contributed by atoms with E-state index in [1.165, 1.54) is 19.0 Å². The van der Waals surface area contributed by atoms with E-state index < -0.39 is 0 Å². The van der Waals surface area contributed by atoms with Gasteiger partial charge in [0.1, 0.15) is 6.54 Å². The third kappa shape index (κ3) is 3.14. The molecule has 0 spiro atoms. The van der Waals surface area contributed by atoms with Crippen LogP contribution in [0, 0.1) is 0 Å². The van der Waals surface area contributed by atoms with Crippen molar-refractivity contribution in [3.8, 4) is 0 Å². The number of hydrogen-bond acceptors (Lipinski definition) is 3. The van der Waals surface area contributed by atoms with Gasteiger partial charge in [-0.1, -0.05) is 25.0 Å². The lowest BCUT2D eigenvalue weighted by molar-refractivity contribution is -0.136. The molecule has 1 aromatic heterocycles. The van der Waals surface area contributed by atoms with Crippen molar-refractivity contribution in [2.45, 2.75) is 58.2 Å². The van der Waals surface area contributed by atoms with Crippen LogP contribution >= 0.6 is 0 Å².